The van der Waals surface area contributed by atoms with Gasteiger partial charge in [0.25, 0.3) is 0 Å². The van der Waals surface area contributed by atoms with E-state index in [9.17, 15) is 5.26 Å². The predicted molar refractivity (Wildman–Crippen MR) is 74.7 cm³/mol. The van der Waals surface area contributed by atoms with Gasteiger partial charge in [-0.15, -0.1) is 11.3 Å². The van der Waals surface area contributed by atoms with Gasteiger partial charge in [-0.25, -0.2) is 0 Å². The summed E-state index contributed by atoms with van der Waals surface area (Å²) in [5.74, 6) is 0. The predicted octanol–water partition coefficient (Wildman–Crippen LogP) is 4.09. The van der Waals surface area contributed by atoms with E-state index in [1.807, 2.05) is 0 Å². The minimum atomic E-state index is -0.249. The standard InChI is InChI=1S/C16H15NS/c17-12-16(10-8-14-5-3-11-18-14)9-7-13-4-1-2-6-15(13)16/h1-6,11H,7-10H2. The molecule has 1 atom stereocenters. The molecular weight excluding hydrogens is 238 g/mol. The van der Waals surface area contributed by atoms with Crippen molar-refractivity contribution < 1.29 is 0 Å². The van der Waals surface area contributed by atoms with E-state index in [1.165, 1.54) is 16.0 Å². The number of nitrogens with zero attached hydrogens (tertiary/aromatic N) is 1. The van der Waals surface area contributed by atoms with E-state index in [0.29, 0.717) is 0 Å². The van der Waals surface area contributed by atoms with E-state index in [1.54, 1.807) is 11.3 Å². The van der Waals surface area contributed by atoms with Crippen molar-refractivity contribution in [2.24, 2.45) is 0 Å². The Morgan fingerprint density at radius 2 is 2.11 bits per heavy atom. The quantitative estimate of drug-likeness (QED) is 0.808. The lowest BCUT2D eigenvalue weighted by Crippen LogP contribution is -2.21. The summed E-state index contributed by atoms with van der Waals surface area (Å²) in [6.07, 6.45) is 3.99. The van der Waals surface area contributed by atoms with Gasteiger partial charge in [0.15, 0.2) is 0 Å². The molecule has 0 amide bonds. The third kappa shape index (κ3) is 1.85. The van der Waals surface area contributed by atoms with Gasteiger partial charge >= 0.3 is 0 Å². The summed E-state index contributed by atoms with van der Waals surface area (Å²) in [4.78, 5) is 1.38. The van der Waals surface area contributed by atoms with Gasteiger partial charge in [0.2, 0.25) is 0 Å². The van der Waals surface area contributed by atoms with Crippen molar-refractivity contribution in [2.75, 3.05) is 0 Å². The fraction of sp³-hybridized carbons (Fsp3) is 0.312. The Labute approximate surface area is 112 Å². The molecule has 2 heteroatoms. The maximum Gasteiger partial charge on any atom is 0.0831 e. The van der Waals surface area contributed by atoms with Crippen LogP contribution in [-0.4, -0.2) is 0 Å². The monoisotopic (exact) mass is 253 g/mol. The van der Waals surface area contributed by atoms with Gasteiger partial charge in [0.05, 0.1) is 11.5 Å². The summed E-state index contributed by atoms with van der Waals surface area (Å²) in [5, 5.41) is 11.8. The Bertz CT molecular complexity index is 579. The van der Waals surface area contributed by atoms with E-state index in [0.717, 1.165) is 25.7 Å². The van der Waals surface area contributed by atoms with Gasteiger partial charge < -0.3 is 0 Å². The second-order valence-electron chi connectivity index (χ2n) is 4.93. The van der Waals surface area contributed by atoms with Crippen LogP contribution in [0.3, 0.4) is 0 Å². The zero-order valence-corrected chi connectivity index (χ0v) is 11.0. The van der Waals surface area contributed by atoms with Gasteiger partial charge in [0.1, 0.15) is 0 Å². The molecule has 3 rings (SSSR count). The first-order valence-electron chi connectivity index (χ1n) is 6.36. The molecule has 90 valence electrons. The molecule has 0 bridgehead atoms. The van der Waals surface area contributed by atoms with Crippen LogP contribution in [-0.2, 0) is 18.3 Å². The first kappa shape index (κ1) is 11.5. The molecule has 1 unspecified atom stereocenters. The van der Waals surface area contributed by atoms with Crippen LogP contribution < -0.4 is 0 Å². The SMILES string of the molecule is N#CC1(CCc2cccs2)CCc2ccccc21. The Morgan fingerprint density at radius 3 is 2.89 bits per heavy atom. The highest BCUT2D eigenvalue weighted by Crippen LogP contribution is 2.41. The summed E-state index contributed by atoms with van der Waals surface area (Å²) in [6, 6.07) is 15.3. The zero-order chi connectivity index (χ0) is 12.4. The second-order valence-corrected chi connectivity index (χ2v) is 5.96. The minimum Gasteiger partial charge on any atom is -0.197 e. The van der Waals surface area contributed by atoms with E-state index in [-0.39, 0.29) is 5.41 Å². The van der Waals surface area contributed by atoms with Crippen LogP contribution in [0.4, 0.5) is 0 Å². The van der Waals surface area contributed by atoms with Crippen LogP contribution in [0.1, 0.15) is 28.8 Å². The fourth-order valence-corrected chi connectivity index (χ4v) is 3.62. The van der Waals surface area contributed by atoms with Gasteiger partial charge in [-0.3, -0.25) is 0 Å². The number of aryl methyl sites for hydroxylation is 2. The molecule has 0 saturated heterocycles. The summed E-state index contributed by atoms with van der Waals surface area (Å²) in [7, 11) is 0. The van der Waals surface area contributed by atoms with E-state index in [4.69, 9.17) is 0 Å². The van der Waals surface area contributed by atoms with Gasteiger partial charge in [-0.1, -0.05) is 30.3 Å². The number of thiophene rings is 1. The smallest absolute Gasteiger partial charge is 0.0831 e. The minimum absolute atomic E-state index is 0.249. The fourth-order valence-electron chi connectivity index (χ4n) is 2.91. The molecule has 1 aliphatic rings. The largest absolute Gasteiger partial charge is 0.197 e. The molecule has 0 aliphatic heterocycles. The normalized spacial score (nSPS) is 21.5. The average Bonchev–Trinajstić information content (AvgIpc) is 3.05. The summed E-state index contributed by atoms with van der Waals surface area (Å²) in [5.41, 5.74) is 2.38. The van der Waals surface area contributed by atoms with Crippen LogP contribution >= 0.6 is 11.3 Å². The van der Waals surface area contributed by atoms with Crippen molar-refractivity contribution in [2.45, 2.75) is 31.1 Å². The highest BCUT2D eigenvalue weighted by atomic mass is 32.1. The lowest BCUT2D eigenvalue weighted by Gasteiger charge is -2.21. The van der Waals surface area contributed by atoms with Crippen LogP contribution in [0, 0.1) is 11.3 Å². The number of hydrogen-bond donors (Lipinski definition) is 0. The van der Waals surface area contributed by atoms with Gasteiger partial charge in [0, 0.05) is 4.88 Å². The van der Waals surface area contributed by atoms with Crippen molar-refractivity contribution in [3.63, 3.8) is 0 Å². The first-order valence-corrected chi connectivity index (χ1v) is 7.24. The van der Waals surface area contributed by atoms with Crippen LogP contribution in [0.2, 0.25) is 0 Å². The average molecular weight is 253 g/mol. The second kappa shape index (κ2) is 4.59. The summed E-state index contributed by atoms with van der Waals surface area (Å²) in [6.45, 7) is 0. The molecule has 18 heavy (non-hydrogen) atoms. The van der Waals surface area contributed by atoms with Crippen molar-refractivity contribution in [3.8, 4) is 6.07 Å². The number of hydrogen-bond acceptors (Lipinski definition) is 2. The Kier molecular flexibility index (Phi) is 2.93. The lowest BCUT2D eigenvalue weighted by molar-refractivity contribution is 0.501. The lowest BCUT2D eigenvalue weighted by atomic mass is 9.79. The molecule has 1 aromatic heterocycles. The third-order valence-corrected chi connectivity index (χ3v) is 4.88. The first-order chi connectivity index (χ1) is 8.84. The number of fused-ring (bicyclic) bond motifs is 1. The Morgan fingerprint density at radius 1 is 1.22 bits per heavy atom. The maximum absolute atomic E-state index is 9.65. The number of nitriles is 1. The molecule has 0 radical (unpaired) electrons. The van der Waals surface area contributed by atoms with E-state index < -0.39 is 0 Å². The van der Waals surface area contributed by atoms with Crippen LogP contribution in [0.5, 0.6) is 0 Å². The molecule has 1 aliphatic carbocycles. The zero-order valence-electron chi connectivity index (χ0n) is 10.2. The molecule has 1 aromatic carbocycles. The van der Waals surface area contributed by atoms with Crippen molar-refractivity contribution in [1.82, 2.24) is 0 Å². The van der Waals surface area contributed by atoms with Crippen LogP contribution in [0.25, 0.3) is 0 Å². The van der Waals surface area contributed by atoms with Gasteiger partial charge in [-0.2, -0.15) is 5.26 Å². The number of benzene rings is 1. The molecule has 0 fully saturated rings. The third-order valence-electron chi connectivity index (χ3n) is 3.95. The van der Waals surface area contributed by atoms with Crippen molar-refractivity contribution >= 4 is 11.3 Å². The van der Waals surface area contributed by atoms with E-state index >= 15 is 0 Å². The molecule has 0 spiro atoms. The Hall–Kier alpha value is -1.59. The topological polar surface area (TPSA) is 23.8 Å². The summed E-state index contributed by atoms with van der Waals surface area (Å²) < 4.78 is 0. The maximum atomic E-state index is 9.65. The van der Waals surface area contributed by atoms with Gasteiger partial charge in [-0.05, 0) is 48.3 Å². The molecule has 1 nitrogen and oxygen atoms in total. The molecular formula is C16H15NS. The van der Waals surface area contributed by atoms with Crippen molar-refractivity contribution in [3.05, 3.63) is 57.8 Å². The highest BCUT2D eigenvalue weighted by Gasteiger charge is 2.38. The van der Waals surface area contributed by atoms with Crippen LogP contribution in [0.15, 0.2) is 41.8 Å². The molecule has 0 N–H and O–H groups in total. The number of rotatable bonds is 3. The molecule has 0 saturated carbocycles. The van der Waals surface area contributed by atoms with Crippen molar-refractivity contribution in [1.29, 1.82) is 5.26 Å². The summed E-state index contributed by atoms with van der Waals surface area (Å²) >= 11 is 1.79. The van der Waals surface area contributed by atoms with E-state index in [2.05, 4.69) is 47.8 Å². The Balaban J connectivity index is 1.86. The highest BCUT2D eigenvalue weighted by molar-refractivity contribution is 7.09. The molecule has 2 aromatic rings. The molecule has 1 heterocycles.